The van der Waals surface area contributed by atoms with E-state index in [4.69, 9.17) is 14.2 Å². The highest BCUT2D eigenvalue weighted by molar-refractivity contribution is 7.89. The standard InChI is InChI=1S/C25H28N2O6S/c1-2-17-5-7-22-18(12-17)13-19(25(28)26-22)15-27(16-20-4-3-9-31-20)34(29,30)21-6-8-23-24(14-21)33-11-10-32-23/h5-8,12-14,20H,2-4,9-11,15-16H2,1H3,(H,26,28)/t20-/m1/s1. The van der Waals surface area contributed by atoms with Gasteiger partial charge in [-0.15, -0.1) is 0 Å². The predicted octanol–water partition coefficient (Wildman–Crippen LogP) is 3.23. The summed E-state index contributed by atoms with van der Waals surface area (Å²) in [5.41, 5.74) is 1.96. The maximum absolute atomic E-state index is 13.7. The Morgan fingerprint density at radius 1 is 1.03 bits per heavy atom. The summed E-state index contributed by atoms with van der Waals surface area (Å²) in [5, 5.41) is 0.878. The Bertz CT molecular complexity index is 1360. The van der Waals surface area contributed by atoms with Crippen LogP contribution in [0.4, 0.5) is 0 Å². The maximum Gasteiger partial charge on any atom is 0.252 e. The number of aromatic nitrogens is 1. The quantitative estimate of drug-likeness (QED) is 0.553. The summed E-state index contributed by atoms with van der Waals surface area (Å²) in [4.78, 5) is 15.9. The minimum Gasteiger partial charge on any atom is -0.486 e. The molecule has 0 bridgehead atoms. The summed E-state index contributed by atoms with van der Waals surface area (Å²) < 4.78 is 45.7. The summed E-state index contributed by atoms with van der Waals surface area (Å²) in [7, 11) is -3.94. The molecule has 8 nitrogen and oxygen atoms in total. The Hall–Kier alpha value is -2.88. The number of hydrogen-bond acceptors (Lipinski definition) is 6. The molecule has 1 atom stereocenters. The van der Waals surface area contributed by atoms with Gasteiger partial charge in [0.05, 0.1) is 11.0 Å². The zero-order valence-electron chi connectivity index (χ0n) is 19.1. The van der Waals surface area contributed by atoms with E-state index < -0.39 is 10.0 Å². The van der Waals surface area contributed by atoms with Gasteiger partial charge in [0.25, 0.3) is 5.56 Å². The SMILES string of the molecule is CCc1ccc2[nH]c(=O)c(CN(C[C@H]3CCCO3)S(=O)(=O)c3ccc4c(c3)OCCO4)cc2c1. The highest BCUT2D eigenvalue weighted by atomic mass is 32.2. The molecule has 2 aliphatic rings. The number of ether oxygens (including phenoxy) is 3. The topological polar surface area (TPSA) is 97.9 Å². The fourth-order valence-corrected chi connectivity index (χ4v) is 5.89. The van der Waals surface area contributed by atoms with E-state index in [0.717, 1.165) is 35.7 Å². The number of nitrogens with zero attached hydrogens (tertiary/aromatic N) is 1. The first kappa shape index (κ1) is 22.9. The molecule has 3 heterocycles. The van der Waals surface area contributed by atoms with Crippen molar-refractivity contribution >= 4 is 20.9 Å². The average Bonchev–Trinajstić information content (AvgIpc) is 3.36. The van der Waals surface area contributed by atoms with E-state index in [-0.39, 0.29) is 29.6 Å². The third-order valence-electron chi connectivity index (χ3n) is 6.32. The largest absolute Gasteiger partial charge is 0.486 e. The third kappa shape index (κ3) is 4.55. The molecule has 5 rings (SSSR count). The van der Waals surface area contributed by atoms with Crippen LogP contribution in [0.1, 0.15) is 30.9 Å². The molecule has 0 amide bonds. The number of aromatic amines is 1. The molecular formula is C25H28N2O6S. The molecule has 0 saturated carbocycles. The van der Waals surface area contributed by atoms with Gasteiger partial charge in [0, 0.05) is 36.8 Å². The number of benzene rings is 2. The fourth-order valence-electron chi connectivity index (χ4n) is 4.42. The lowest BCUT2D eigenvalue weighted by Crippen LogP contribution is -2.38. The summed E-state index contributed by atoms with van der Waals surface area (Å²) >= 11 is 0. The van der Waals surface area contributed by atoms with E-state index in [2.05, 4.69) is 11.9 Å². The van der Waals surface area contributed by atoms with Crippen molar-refractivity contribution in [3.63, 3.8) is 0 Å². The van der Waals surface area contributed by atoms with Gasteiger partial charge in [0.15, 0.2) is 11.5 Å². The van der Waals surface area contributed by atoms with Gasteiger partial charge in [-0.05, 0) is 60.5 Å². The second kappa shape index (κ2) is 9.40. The van der Waals surface area contributed by atoms with Crippen molar-refractivity contribution in [1.29, 1.82) is 0 Å². The summed E-state index contributed by atoms with van der Waals surface area (Å²) in [6.07, 6.45) is 2.33. The van der Waals surface area contributed by atoms with Crippen LogP contribution in [-0.4, -0.2) is 50.2 Å². The molecule has 180 valence electrons. The first-order chi connectivity index (χ1) is 16.4. The summed E-state index contributed by atoms with van der Waals surface area (Å²) in [5.74, 6) is 0.925. The van der Waals surface area contributed by atoms with Crippen molar-refractivity contribution in [3.05, 3.63) is 63.9 Å². The fraction of sp³-hybridized carbons (Fsp3) is 0.400. The van der Waals surface area contributed by atoms with E-state index in [1.807, 2.05) is 18.2 Å². The van der Waals surface area contributed by atoms with Crippen LogP contribution in [-0.2, 0) is 27.7 Å². The molecule has 1 saturated heterocycles. The predicted molar refractivity (Wildman–Crippen MR) is 128 cm³/mol. The van der Waals surface area contributed by atoms with Crippen LogP contribution in [0.5, 0.6) is 11.5 Å². The van der Waals surface area contributed by atoms with Crippen LogP contribution in [0.25, 0.3) is 10.9 Å². The maximum atomic E-state index is 13.7. The highest BCUT2D eigenvalue weighted by Crippen LogP contribution is 2.33. The Kier molecular flexibility index (Phi) is 6.33. The minimum atomic E-state index is -3.94. The number of pyridine rings is 1. The molecular weight excluding hydrogens is 456 g/mol. The van der Waals surface area contributed by atoms with Crippen LogP contribution < -0.4 is 15.0 Å². The molecule has 34 heavy (non-hydrogen) atoms. The van der Waals surface area contributed by atoms with Crippen molar-refractivity contribution in [1.82, 2.24) is 9.29 Å². The average molecular weight is 485 g/mol. The highest BCUT2D eigenvalue weighted by Gasteiger charge is 2.31. The van der Waals surface area contributed by atoms with Crippen molar-refractivity contribution in [2.45, 2.75) is 43.7 Å². The summed E-state index contributed by atoms with van der Waals surface area (Å²) in [6, 6.07) is 12.3. The van der Waals surface area contributed by atoms with Gasteiger partial charge in [-0.1, -0.05) is 13.0 Å². The molecule has 0 spiro atoms. The smallest absolute Gasteiger partial charge is 0.252 e. The monoisotopic (exact) mass is 484 g/mol. The lowest BCUT2D eigenvalue weighted by atomic mass is 10.1. The van der Waals surface area contributed by atoms with Crippen molar-refractivity contribution in [2.24, 2.45) is 0 Å². The molecule has 1 aromatic heterocycles. The second-order valence-corrected chi connectivity index (χ2v) is 10.6. The van der Waals surface area contributed by atoms with Crippen LogP contribution in [0.3, 0.4) is 0 Å². The molecule has 9 heteroatoms. The lowest BCUT2D eigenvalue weighted by molar-refractivity contribution is 0.0925. The molecule has 0 aliphatic carbocycles. The van der Waals surface area contributed by atoms with Gasteiger partial charge in [0.1, 0.15) is 13.2 Å². The number of aryl methyl sites for hydroxylation is 1. The molecule has 3 aromatic rings. The van der Waals surface area contributed by atoms with E-state index in [9.17, 15) is 13.2 Å². The molecule has 1 N–H and O–H groups in total. The van der Waals surface area contributed by atoms with E-state index in [1.54, 1.807) is 12.1 Å². The lowest BCUT2D eigenvalue weighted by Gasteiger charge is -2.26. The van der Waals surface area contributed by atoms with Crippen molar-refractivity contribution in [3.8, 4) is 11.5 Å². The van der Waals surface area contributed by atoms with Gasteiger partial charge in [-0.25, -0.2) is 8.42 Å². The number of H-pyrrole nitrogens is 1. The zero-order chi connectivity index (χ0) is 23.7. The van der Waals surface area contributed by atoms with Crippen molar-refractivity contribution < 1.29 is 22.6 Å². The zero-order valence-corrected chi connectivity index (χ0v) is 19.9. The van der Waals surface area contributed by atoms with Gasteiger partial charge in [-0.3, -0.25) is 4.79 Å². The van der Waals surface area contributed by atoms with Crippen molar-refractivity contribution in [2.75, 3.05) is 26.4 Å². The van der Waals surface area contributed by atoms with Gasteiger partial charge >= 0.3 is 0 Å². The molecule has 2 aliphatic heterocycles. The number of nitrogens with one attached hydrogen (secondary N) is 1. The number of fused-ring (bicyclic) bond motifs is 2. The van der Waals surface area contributed by atoms with Crippen LogP contribution in [0, 0.1) is 0 Å². The second-order valence-electron chi connectivity index (χ2n) is 8.64. The normalized spacial score (nSPS) is 18.0. The first-order valence-electron chi connectivity index (χ1n) is 11.6. The van der Waals surface area contributed by atoms with Crippen LogP contribution >= 0.6 is 0 Å². The van der Waals surface area contributed by atoms with E-state index in [0.29, 0.717) is 36.9 Å². The molecule has 0 radical (unpaired) electrons. The third-order valence-corrected chi connectivity index (χ3v) is 8.13. The minimum absolute atomic E-state index is 0.0573. The molecule has 0 unspecified atom stereocenters. The first-order valence-corrected chi connectivity index (χ1v) is 13.0. The number of rotatable bonds is 7. The number of hydrogen-bond donors (Lipinski definition) is 1. The summed E-state index contributed by atoms with van der Waals surface area (Å²) in [6.45, 7) is 3.58. The molecule has 1 fully saturated rings. The van der Waals surface area contributed by atoms with Crippen LogP contribution in [0.2, 0.25) is 0 Å². The van der Waals surface area contributed by atoms with Gasteiger partial charge < -0.3 is 19.2 Å². The Labute approximate surface area is 198 Å². The van der Waals surface area contributed by atoms with Gasteiger partial charge in [-0.2, -0.15) is 4.31 Å². The van der Waals surface area contributed by atoms with E-state index >= 15 is 0 Å². The molecule has 2 aromatic carbocycles. The number of sulfonamides is 1. The van der Waals surface area contributed by atoms with Crippen LogP contribution in [0.15, 0.2) is 52.2 Å². The van der Waals surface area contributed by atoms with Gasteiger partial charge in [0.2, 0.25) is 10.0 Å². The van der Waals surface area contributed by atoms with E-state index in [1.165, 1.54) is 16.4 Å². The Morgan fingerprint density at radius 3 is 2.62 bits per heavy atom. The Balaban J connectivity index is 1.52. The Morgan fingerprint density at radius 2 is 1.85 bits per heavy atom.